The van der Waals surface area contributed by atoms with E-state index in [-0.39, 0.29) is 33.6 Å². The minimum Gasteiger partial charge on any atom is -0.463 e. The number of fused-ring (bicyclic) bond motifs is 3. The van der Waals surface area contributed by atoms with Gasteiger partial charge in [0.2, 0.25) is 11.2 Å². The molecule has 0 aliphatic carbocycles. The lowest BCUT2D eigenvalue weighted by Gasteiger charge is -2.03. The van der Waals surface area contributed by atoms with E-state index < -0.39 is 0 Å². The van der Waals surface area contributed by atoms with Gasteiger partial charge >= 0.3 is 0 Å². The molecule has 172 valence electrons. The average Bonchev–Trinajstić information content (AvgIpc) is 3.17. The second-order valence-electron chi connectivity index (χ2n) is 8.66. The molecular weight excluding hydrogens is 430 g/mol. The summed E-state index contributed by atoms with van der Waals surface area (Å²) in [4.78, 5) is 31.2. The number of hydrogen-bond donors (Lipinski definition) is 0. The lowest BCUT2D eigenvalue weighted by atomic mass is 10.1. The predicted molar refractivity (Wildman–Crippen MR) is 134 cm³/mol. The molecule has 0 radical (unpaired) electrons. The van der Waals surface area contributed by atoms with E-state index in [1.54, 1.807) is 30.3 Å². The van der Waals surface area contributed by atoms with Crippen LogP contribution in [0.2, 0.25) is 0 Å². The van der Waals surface area contributed by atoms with E-state index in [2.05, 4.69) is 11.9 Å². The Balaban J connectivity index is 1.70. The fourth-order valence-electron chi connectivity index (χ4n) is 4.13. The summed E-state index contributed by atoms with van der Waals surface area (Å²) < 4.78 is 17.8. The average molecular weight is 456 g/mol. The summed E-state index contributed by atoms with van der Waals surface area (Å²) in [6.45, 7) is 6.52. The van der Waals surface area contributed by atoms with E-state index in [4.69, 9.17) is 13.6 Å². The Morgan fingerprint density at radius 3 is 2.35 bits per heavy atom. The third-order valence-electron chi connectivity index (χ3n) is 5.95. The van der Waals surface area contributed by atoms with Crippen molar-refractivity contribution in [1.29, 1.82) is 0 Å². The zero-order chi connectivity index (χ0) is 23.8. The summed E-state index contributed by atoms with van der Waals surface area (Å²) in [5, 5.41) is 0.934. The number of unbranched alkanes of at least 4 members (excludes halogenated alkanes) is 2. The fourth-order valence-corrected chi connectivity index (χ4v) is 4.13. The second kappa shape index (κ2) is 8.78. The highest BCUT2D eigenvalue weighted by Crippen LogP contribution is 2.32. The van der Waals surface area contributed by atoms with Gasteiger partial charge in [-0.3, -0.25) is 9.59 Å². The molecule has 1 aliphatic rings. The van der Waals surface area contributed by atoms with Crippen molar-refractivity contribution in [3.63, 3.8) is 0 Å². The van der Waals surface area contributed by atoms with Crippen molar-refractivity contribution in [2.75, 3.05) is 6.54 Å². The third kappa shape index (κ3) is 3.85. The number of nitrogens with zero attached hydrogens (tertiary/aromatic N) is 1. The van der Waals surface area contributed by atoms with Crippen LogP contribution in [0.1, 0.15) is 54.2 Å². The molecule has 6 nitrogen and oxygen atoms in total. The molecule has 0 bridgehead atoms. The van der Waals surface area contributed by atoms with Crippen molar-refractivity contribution in [1.82, 2.24) is 0 Å². The highest BCUT2D eigenvalue weighted by Gasteiger charge is 2.32. The van der Waals surface area contributed by atoms with Crippen molar-refractivity contribution in [2.24, 2.45) is 4.99 Å². The summed E-state index contributed by atoms with van der Waals surface area (Å²) >= 11 is 0. The second-order valence-corrected chi connectivity index (χ2v) is 8.66. The number of benzene rings is 2. The first-order valence-electron chi connectivity index (χ1n) is 11.5. The van der Waals surface area contributed by atoms with Crippen LogP contribution in [0.25, 0.3) is 33.8 Å². The zero-order valence-corrected chi connectivity index (χ0v) is 19.4. The van der Waals surface area contributed by atoms with E-state index in [0.717, 1.165) is 30.4 Å². The first-order chi connectivity index (χ1) is 16.5. The quantitative estimate of drug-likeness (QED) is 0.346. The number of aryl methyl sites for hydroxylation is 2. The Hall–Kier alpha value is -3.93. The van der Waals surface area contributed by atoms with Crippen molar-refractivity contribution in [3.05, 3.63) is 91.1 Å². The molecule has 0 saturated carbocycles. The molecule has 3 heterocycles. The van der Waals surface area contributed by atoms with Crippen LogP contribution in [-0.2, 0) is 4.74 Å². The lowest BCUT2D eigenvalue weighted by Crippen LogP contribution is -2.10. The fraction of sp³-hybridized carbons (Fsp3) is 0.250. The predicted octanol–water partition coefficient (Wildman–Crippen LogP) is 5.98. The number of hydrogen-bond acceptors (Lipinski definition) is 6. The largest absolute Gasteiger partial charge is 0.463 e. The van der Waals surface area contributed by atoms with E-state index in [9.17, 15) is 9.59 Å². The minimum atomic E-state index is -0.217. The highest BCUT2D eigenvalue weighted by atomic mass is 16.5. The standard InChI is InChI=1S/C28H25NO5/c1-4-5-6-11-29-28-27-24(26(31)20-13-17(3)8-10-22(20)33-27)23(34-28)14-18-15-32-21-9-7-16(2)12-19(21)25(18)30/h7-10,12-15H,4-6,11H2,1-3H3/b23-14-,29-28?. The summed E-state index contributed by atoms with van der Waals surface area (Å²) in [6, 6.07) is 10.9. The monoisotopic (exact) mass is 455 g/mol. The van der Waals surface area contributed by atoms with Gasteiger partial charge in [-0.1, -0.05) is 43.0 Å². The van der Waals surface area contributed by atoms with E-state index in [0.29, 0.717) is 34.2 Å². The molecule has 0 N–H and O–H groups in total. The van der Waals surface area contributed by atoms with Gasteiger partial charge in [0.1, 0.15) is 28.8 Å². The van der Waals surface area contributed by atoms with E-state index in [1.807, 2.05) is 26.0 Å². The molecule has 0 saturated heterocycles. The maximum atomic E-state index is 13.5. The van der Waals surface area contributed by atoms with Crippen molar-refractivity contribution < 1.29 is 13.6 Å². The van der Waals surface area contributed by atoms with Gasteiger partial charge in [-0.15, -0.1) is 0 Å². The van der Waals surface area contributed by atoms with Crippen LogP contribution in [0.15, 0.2) is 66.1 Å². The topological polar surface area (TPSA) is 82.0 Å². The molecule has 34 heavy (non-hydrogen) atoms. The number of rotatable bonds is 5. The minimum absolute atomic E-state index is 0.197. The molecule has 5 rings (SSSR count). The van der Waals surface area contributed by atoms with E-state index >= 15 is 0 Å². The van der Waals surface area contributed by atoms with Gasteiger partial charge in [0.25, 0.3) is 5.90 Å². The van der Waals surface area contributed by atoms with Crippen molar-refractivity contribution in [3.8, 4) is 0 Å². The summed E-state index contributed by atoms with van der Waals surface area (Å²) in [5.74, 6) is 0.795. The summed E-state index contributed by atoms with van der Waals surface area (Å²) in [7, 11) is 0. The summed E-state index contributed by atoms with van der Waals surface area (Å²) in [6.07, 6.45) is 5.95. The van der Waals surface area contributed by atoms with Crippen LogP contribution in [-0.4, -0.2) is 12.4 Å². The highest BCUT2D eigenvalue weighted by molar-refractivity contribution is 6.08. The van der Waals surface area contributed by atoms with Crippen LogP contribution in [0.3, 0.4) is 0 Å². The molecule has 0 unspecified atom stereocenters. The van der Waals surface area contributed by atoms with Crippen LogP contribution >= 0.6 is 0 Å². The van der Waals surface area contributed by atoms with Crippen LogP contribution in [0, 0.1) is 13.8 Å². The lowest BCUT2D eigenvalue weighted by molar-refractivity contribution is 0.505. The van der Waals surface area contributed by atoms with Gasteiger partial charge in [-0.25, -0.2) is 4.99 Å². The molecule has 0 spiro atoms. The normalized spacial score (nSPS) is 15.4. The SMILES string of the molecule is CCCCCN=C1O/C(=C\c2coc3ccc(C)cc3c2=O)c2c1oc1ccc(C)cc1c2=O. The Bertz CT molecular complexity index is 1600. The van der Waals surface area contributed by atoms with E-state index in [1.165, 1.54) is 6.26 Å². The van der Waals surface area contributed by atoms with Gasteiger partial charge < -0.3 is 13.6 Å². The van der Waals surface area contributed by atoms with Gasteiger partial charge in [0.15, 0.2) is 5.43 Å². The molecule has 0 atom stereocenters. The Morgan fingerprint density at radius 2 is 1.62 bits per heavy atom. The van der Waals surface area contributed by atoms with Crippen LogP contribution in [0.5, 0.6) is 0 Å². The maximum Gasteiger partial charge on any atom is 0.259 e. The van der Waals surface area contributed by atoms with Gasteiger partial charge in [-0.05, 0) is 50.6 Å². The smallest absolute Gasteiger partial charge is 0.259 e. The first kappa shape index (κ1) is 21.9. The molecule has 0 fully saturated rings. The summed E-state index contributed by atoms with van der Waals surface area (Å²) in [5.41, 5.74) is 3.03. The molecule has 4 aromatic rings. The van der Waals surface area contributed by atoms with Gasteiger partial charge in [-0.2, -0.15) is 0 Å². The molecule has 2 aromatic heterocycles. The number of aliphatic imine (C=N–C) groups is 1. The van der Waals surface area contributed by atoms with Gasteiger partial charge in [0, 0.05) is 6.54 Å². The molecule has 6 heteroatoms. The molecule has 1 aliphatic heterocycles. The van der Waals surface area contributed by atoms with Crippen LogP contribution in [0.4, 0.5) is 0 Å². The Labute approximate surface area is 196 Å². The first-order valence-corrected chi connectivity index (χ1v) is 11.5. The maximum absolute atomic E-state index is 13.5. The van der Waals surface area contributed by atoms with Crippen LogP contribution < -0.4 is 10.9 Å². The molecule has 2 aromatic carbocycles. The molecule has 0 amide bonds. The van der Waals surface area contributed by atoms with Crippen molar-refractivity contribution >= 4 is 39.7 Å². The number of ether oxygens (including phenoxy) is 1. The Morgan fingerprint density at radius 1 is 0.912 bits per heavy atom. The van der Waals surface area contributed by atoms with Gasteiger partial charge in [0.05, 0.1) is 16.3 Å². The molecular formula is C28H25NO5. The Kier molecular flexibility index (Phi) is 5.65. The zero-order valence-electron chi connectivity index (χ0n) is 19.4. The van der Waals surface area contributed by atoms with Crippen molar-refractivity contribution in [2.45, 2.75) is 40.0 Å². The third-order valence-corrected chi connectivity index (χ3v) is 5.95.